The first-order chi connectivity index (χ1) is 14.3. The molecule has 30 heavy (non-hydrogen) atoms. The maximum Gasteiger partial charge on any atom is 0.306 e. The SMILES string of the molecule is CCCC(C(=O)O)C(C(C)(C)C)C1(NN2CCC[C@H]2Cc2ccccc2)CCCC1. The fourth-order valence-electron chi connectivity index (χ4n) is 6.43. The fraction of sp³-hybridized carbons (Fsp3) is 0.731. The highest BCUT2D eigenvalue weighted by Gasteiger charge is 2.52. The second kappa shape index (κ2) is 9.82. The quantitative estimate of drug-likeness (QED) is 0.546. The maximum absolute atomic E-state index is 12.4. The summed E-state index contributed by atoms with van der Waals surface area (Å²) in [5.74, 6) is -0.800. The highest BCUT2D eigenvalue weighted by atomic mass is 16.4. The van der Waals surface area contributed by atoms with Gasteiger partial charge in [-0.2, -0.15) is 0 Å². The number of hydrazine groups is 1. The third-order valence-electron chi connectivity index (χ3n) is 7.40. The Labute approximate surface area is 183 Å². The molecule has 0 spiro atoms. The average molecular weight is 415 g/mol. The van der Waals surface area contributed by atoms with Gasteiger partial charge >= 0.3 is 5.97 Å². The highest BCUT2D eigenvalue weighted by molar-refractivity contribution is 5.70. The predicted molar refractivity (Wildman–Crippen MR) is 123 cm³/mol. The topological polar surface area (TPSA) is 52.6 Å². The standard InChI is InChI=1S/C26H42N2O2/c1-5-12-22(24(29)30)23(25(2,3)4)26(16-9-10-17-26)27-28-18-11-15-21(28)19-20-13-7-6-8-14-20/h6-8,13-14,21-23,27H,5,9-12,15-19H2,1-4H3,(H,29,30)/t21-,22?,23?/m0/s1. The number of carboxylic acids is 1. The summed E-state index contributed by atoms with van der Waals surface area (Å²) in [6.45, 7) is 9.91. The molecule has 1 aromatic carbocycles. The Morgan fingerprint density at radius 3 is 2.43 bits per heavy atom. The lowest BCUT2D eigenvalue weighted by atomic mass is 9.61. The van der Waals surface area contributed by atoms with Crippen molar-refractivity contribution in [3.05, 3.63) is 35.9 Å². The van der Waals surface area contributed by atoms with Gasteiger partial charge in [0.05, 0.1) is 5.92 Å². The van der Waals surface area contributed by atoms with Crippen LogP contribution in [0.3, 0.4) is 0 Å². The van der Waals surface area contributed by atoms with Gasteiger partial charge in [-0.3, -0.25) is 4.79 Å². The number of nitrogens with one attached hydrogen (secondary N) is 1. The van der Waals surface area contributed by atoms with Crippen LogP contribution < -0.4 is 5.43 Å². The highest BCUT2D eigenvalue weighted by Crippen LogP contribution is 2.49. The molecule has 2 N–H and O–H groups in total. The number of aliphatic carboxylic acids is 1. The molecule has 1 saturated carbocycles. The molecule has 0 aromatic heterocycles. The Balaban J connectivity index is 1.87. The Bertz CT molecular complexity index is 676. The van der Waals surface area contributed by atoms with Crippen molar-refractivity contribution in [2.45, 2.75) is 97.1 Å². The second-order valence-electron chi connectivity index (χ2n) is 10.7. The molecule has 3 rings (SSSR count). The van der Waals surface area contributed by atoms with E-state index in [4.69, 9.17) is 0 Å². The Morgan fingerprint density at radius 1 is 1.20 bits per heavy atom. The minimum Gasteiger partial charge on any atom is -0.481 e. The summed E-state index contributed by atoms with van der Waals surface area (Å²) < 4.78 is 0. The van der Waals surface area contributed by atoms with E-state index >= 15 is 0 Å². The molecule has 0 radical (unpaired) electrons. The average Bonchev–Trinajstić information content (AvgIpc) is 3.32. The summed E-state index contributed by atoms with van der Waals surface area (Å²) >= 11 is 0. The van der Waals surface area contributed by atoms with Gasteiger partial charge in [-0.15, -0.1) is 0 Å². The van der Waals surface area contributed by atoms with Crippen LogP contribution in [0, 0.1) is 17.3 Å². The van der Waals surface area contributed by atoms with Gasteiger partial charge in [0.25, 0.3) is 0 Å². The van der Waals surface area contributed by atoms with Crippen LogP contribution in [0.4, 0.5) is 0 Å². The summed E-state index contributed by atoms with van der Waals surface area (Å²) in [4.78, 5) is 12.4. The Kier molecular flexibility index (Phi) is 7.62. The van der Waals surface area contributed by atoms with Crippen molar-refractivity contribution in [3.63, 3.8) is 0 Å². The molecule has 1 aromatic rings. The zero-order valence-corrected chi connectivity index (χ0v) is 19.5. The minimum atomic E-state index is -0.618. The van der Waals surface area contributed by atoms with E-state index < -0.39 is 5.97 Å². The summed E-state index contributed by atoms with van der Waals surface area (Å²) in [6.07, 6.45) is 9.68. The Morgan fingerprint density at radius 2 is 1.87 bits per heavy atom. The van der Waals surface area contributed by atoms with Crippen LogP contribution in [-0.4, -0.2) is 34.2 Å². The van der Waals surface area contributed by atoms with Crippen LogP contribution in [0.5, 0.6) is 0 Å². The van der Waals surface area contributed by atoms with Crippen LogP contribution in [0.1, 0.15) is 84.6 Å². The molecule has 4 heteroatoms. The predicted octanol–water partition coefficient (Wildman–Crippen LogP) is 5.67. The lowest BCUT2D eigenvalue weighted by molar-refractivity contribution is -0.149. The van der Waals surface area contributed by atoms with Crippen LogP contribution in [-0.2, 0) is 11.2 Å². The molecule has 168 valence electrons. The number of carboxylic acid groups (broad SMARTS) is 1. The molecule has 1 saturated heterocycles. The first-order valence-electron chi connectivity index (χ1n) is 12.1. The van der Waals surface area contributed by atoms with Crippen molar-refractivity contribution < 1.29 is 9.90 Å². The molecule has 2 aliphatic rings. The molecular formula is C26H42N2O2. The van der Waals surface area contributed by atoms with Crippen molar-refractivity contribution in [3.8, 4) is 0 Å². The molecule has 0 bridgehead atoms. The van der Waals surface area contributed by atoms with Crippen LogP contribution in [0.15, 0.2) is 30.3 Å². The van der Waals surface area contributed by atoms with E-state index in [0.29, 0.717) is 6.04 Å². The molecule has 2 fully saturated rings. The van der Waals surface area contributed by atoms with E-state index in [2.05, 4.69) is 68.5 Å². The maximum atomic E-state index is 12.4. The molecule has 4 nitrogen and oxygen atoms in total. The lowest BCUT2D eigenvalue weighted by Gasteiger charge is -2.50. The van der Waals surface area contributed by atoms with Crippen molar-refractivity contribution in [2.24, 2.45) is 17.3 Å². The molecule has 0 amide bonds. The summed E-state index contributed by atoms with van der Waals surface area (Å²) in [6, 6.07) is 11.3. The fourth-order valence-corrected chi connectivity index (χ4v) is 6.43. The molecule has 1 heterocycles. The third-order valence-corrected chi connectivity index (χ3v) is 7.40. The van der Waals surface area contributed by atoms with Gasteiger partial charge in [-0.1, -0.05) is 77.3 Å². The van der Waals surface area contributed by atoms with Gasteiger partial charge in [0.15, 0.2) is 0 Å². The number of carbonyl (C=O) groups is 1. The number of rotatable bonds is 9. The minimum absolute atomic E-state index is 0.0653. The van der Waals surface area contributed by atoms with Crippen molar-refractivity contribution in [1.82, 2.24) is 10.4 Å². The zero-order chi connectivity index (χ0) is 21.8. The smallest absolute Gasteiger partial charge is 0.306 e. The number of hydrogen-bond acceptors (Lipinski definition) is 3. The Hall–Kier alpha value is -1.39. The first-order valence-corrected chi connectivity index (χ1v) is 12.1. The van der Waals surface area contributed by atoms with Crippen LogP contribution in [0.25, 0.3) is 0 Å². The molecule has 1 aliphatic heterocycles. The summed E-state index contributed by atoms with van der Waals surface area (Å²) in [7, 11) is 0. The molecular weight excluding hydrogens is 372 g/mol. The normalized spacial score (nSPS) is 24.1. The number of benzene rings is 1. The lowest BCUT2D eigenvalue weighted by Crippen LogP contribution is -2.63. The van der Waals surface area contributed by atoms with Gasteiger partial charge in [0, 0.05) is 18.1 Å². The van der Waals surface area contributed by atoms with Gasteiger partial charge < -0.3 is 5.11 Å². The van der Waals surface area contributed by atoms with Gasteiger partial charge in [-0.05, 0) is 55.4 Å². The molecule has 1 aliphatic carbocycles. The van der Waals surface area contributed by atoms with Gasteiger partial charge in [0.2, 0.25) is 0 Å². The molecule has 3 atom stereocenters. The number of nitrogens with zero attached hydrogens (tertiary/aromatic N) is 1. The van der Waals surface area contributed by atoms with E-state index in [-0.39, 0.29) is 22.8 Å². The van der Waals surface area contributed by atoms with Crippen molar-refractivity contribution in [1.29, 1.82) is 0 Å². The van der Waals surface area contributed by atoms with Gasteiger partial charge in [0.1, 0.15) is 0 Å². The van der Waals surface area contributed by atoms with Crippen LogP contribution in [0.2, 0.25) is 0 Å². The van der Waals surface area contributed by atoms with Crippen LogP contribution >= 0.6 is 0 Å². The van der Waals surface area contributed by atoms with E-state index in [1.807, 2.05) is 0 Å². The second-order valence-corrected chi connectivity index (χ2v) is 10.7. The largest absolute Gasteiger partial charge is 0.481 e. The van der Waals surface area contributed by atoms with E-state index in [0.717, 1.165) is 38.6 Å². The zero-order valence-electron chi connectivity index (χ0n) is 19.5. The summed E-state index contributed by atoms with van der Waals surface area (Å²) in [5.41, 5.74) is 5.24. The third kappa shape index (κ3) is 5.26. The van der Waals surface area contributed by atoms with E-state index in [1.54, 1.807) is 0 Å². The van der Waals surface area contributed by atoms with E-state index in [1.165, 1.54) is 31.2 Å². The summed E-state index contributed by atoms with van der Waals surface area (Å²) in [5, 5.41) is 12.7. The monoisotopic (exact) mass is 414 g/mol. The van der Waals surface area contributed by atoms with Gasteiger partial charge in [-0.25, -0.2) is 10.4 Å². The number of hydrogen-bond donors (Lipinski definition) is 2. The first kappa shape index (κ1) is 23.3. The van der Waals surface area contributed by atoms with Crippen molar-refractivity contribution >= 4 is 5.97 Å². The van der Waals surface area contributed by atoms with Crippen molar-refractivity contribution in [2.75, 3.05) is 6.54 Å². The van der Waals surface area contributed by atoms with E-state index in [9.17, 15) is 9.90 Å². The molecule has 2 unspecified atom stereocenters.